The van der Waals surface area contributed by atoms with E-state index in [2.05, 4.69) is 9.19 Å². The van der Waals surface area contributed by atoms with E-state index in [-0.39, 0.29) is 39.3 Å². The molecule has 3 rings (SSSR count). The van der Waals surface area contributed by atoms with Gasteiger partial charge in [-0.15, -0.1) is 0 Å². The summed E-state index contributed by atoms with van der Waals surface area (Å²) in [5.74, 6) is -0.401. The predicted octanol–water partition coefficient (Wildman–Crippen LogP) is 1.65. The van der Waals surface area contributed by atoms with Crippen LogP contribution in [0.25, 0.3) is 11.3 Å². The molecule has 0 radical (unpaired) electrons. The van der Waals surface area contributed by atoms with Crippen molar-refractivity contribution in [2.75, 3.05) is 6.61 Å². The van der Waals surface area contributed by atoms with Gasteiger partial charge in [0, 0.05) is 0 Å². The van der Waals surface area contributed by atoms with Crippen LogP contribution >= 0.6 is 0 Å². The van der Waals surface area contributed by atoms with Crippen LogP contribution in [0.1, 0.15) is 33.6 Å². The number of hydrogen-bond donors (Lipinski definition) is 1. The second kappa shape index (κ2) is 7.99. The number of para-hydroxylation sites is 1. The third-order valence-corrected chi connectivity index (χ3v) is 4.49. The number of nitrogens with zero attached hydrogens (tertiary/aromatic N) is 2. The fourth-order valence-corrected chi connectivity index (χ4v) is 3.23. The van der Waals surface area contributed by atoms with Gasteiger partial charge in [-0.1, -0.05) is 0 Å². The van der Waals surface area contributed by atoms with Crippen molar-refractivity contribution in [3.05, 3.63) is 52.4 Å². The Balaban J connectivity index is 1.89. The molecule has 9 heteroatoms. The van der Waals surface area contributed by atoms with E-state index >= 15 is 0 Å². The molecule has 2 N–H and O–H groups in total. The molecule has 0 saturated carbocycles. The third-order valence-electron chi connectivity index (χ3n) is 3.43. The Morgan fingerprint density at radius 2 is 2.12 bits per heavy atom. The Bertz CT molecular complexity index is 920. The van der Waals surface area contributed by atoms with Crippen LogP contribution in [-0.2, 0) is 11.3 Å². The number of carbonyl (C=O) groups excluding carboxylic acids is 2. The Kier molecular flexibility index (Phi) is 5.50. The maximum absolute atomic E-state index is 12.0. The first-order chi connectivity index (χ1) is 12.6. The van der Waals surface area contributed by atoms with E-state index in [0.29, 0.717) is 22.8 Å². The normalized spacial score (nSPS) is 10.5. The summed E-state index contributed by atoms with van der Waals surface area (Å²) < 4.78 is 20.2. The third kappa shape index (κ3) is 3.84. The second-order valence-corrected chi connectivity index (χ2v) is 6.39. The van der Waals surface area contributed by atoms with E-state index in [9.17, 15) is 9.59 Å². The van der Waals surface area contributed by atoms with E-state index in [1.807, 2.05) is 4.94 Å². The SMILES string of the molecule is CCOC(=O)c1cc(-c2c[se]nn2)c(COc2ccccc2C(N)=O)o1. The molecule has 0 atom stereocenters. The molecule has 0 aliphatic carbocycles. The number of esters is 1. The summed E-state index contributed by atoms with van der Waals surface area (Å²) in [5, 5.41) is 4.06. The summed E-state index contributed by atoms with van der Waals surface area (Å²) in [7, 11) is 0. The summed E-state index contributed by atoms with van der Waals surface area (Å²) in [5.41, 5.74) is 6.83. The van der Waals surface area contributed by atoms with Crippen LogP contribution in [0.2, 0.25) is 0 Å². The zero-order chi connectivity index (χ0) is 18.5. The van der Waals surface area contributed by atoms with E-state index in [1.54, 1.807) is 37.3 Å². The molecular weight excluding hydrogens is 405 g/mol. The Hall–Kier alpha value is -2.90. The van der Waals surface area contributed by atoms with Gasteiger partial charge in [0.2, 0.25) is 0 Å². The van der Waals surface area contributed by atoms with Gasteiger partial charge in [-0.05, 0) is 0 Å². The molecule has 2 heterocycles. The van der Waals surface area contributed by atoms with Crippen LogP contribution in [-0.4, -0.2) is 42.4 Å². The van der Waals surface area contributed by atoms with E-state index in [0.717, 1.165) is 0 Å². The van der Waals surface area contributed by atoms with Crippen molar-refractivity contribution >= 4 is 26.6 Å². The Morgan fingerprint density at radius 3 is 2.81 bits per heavy atom. The number of amides is 1. The summed E-state index contributed by atoms with van der Waals surface area (Å²) in [6.45, 7) is 1.93. The van der Waals surface area contributed by atoms with Crippen molar-refractivity contribution in [3.8, 4) is 17.0 Å². The molecule has 0 aliphatic heterocycles. The molecular formula is C17H15N3O5Se. The number of aromatic nitrogens is 2. The number of hydrogen-bond acceptors (Lipinski definition) is 7. The average Bonchev–Trinajstić information content (AvgIpc) is 3.29. The Morgan fingerprint density at radius 1 is 1.31 bits per heavy atom. The van der Waals surface area contributed by atoms with Crippen LogP contribution in [0.5, 0.6) is 5.75 Å². The predicted molar refractivity (Wildman–Crippen MR) is 91.9 cm³/mol. The molecule has 0 saturated heterocycles. The molecule has 3 aromatic rings. The van der Waals surface area contributed by atoms with Gasteiger partial charge in [-0.2, -0.15) is 0 Å². The number of ether oxygens (including phenoxy) is 2. The first kappa shape index (κ1) is 17.9. The summed E-state index contributed by atoms with van der Waals surface area (Å²) >= 11 is -0.0760. The van der Waals surface area contributed by atoms with Crippen LogP contribution in [0, 0.1) is 0 Å². The number of rotatable bonds is 7. The molecule has 0 aliphatic rings. The molecule has 1 aromatic carbocycles. The first-order valence-corrected chi connectivity index (χ1v) is 9.44. The van der Waals surface area contributed by atoms with Gasteiger partial charge in [0.25, 0.3) is 0 Å². The second-order valence-electron chi connectivity index (χ2n) is 5.11. The van der Waals surface area contributed by atoms with Crippen molar-refractivity contribution in [1.29, 1.82) is 0 Å². The van der Waals surface area contributed by atoms with Crippen molar-refractivity contribution in [2.45, 2.75) is 13.5 Å². The molecule has 0 unspecified atom stereocenters. The first-order valence-electron chi connectivity index (χ1n) is 7.69. The Labute approximate surface area is 154 Å². The average molecular weight is 420 g/mol. The minimum atomic E-state index is -0.595. The topological polar surface area (TPSA) is 118 Å². The van der Waals surface area contributed by atoms with Crippen molar-refractivity contribution in [1.82, 2.24) is 9.19 Å². The van der Waals surface area contributed by atoms with Crippen LogP contribution in [0.3, 0.4) is 0 Å². The fourth-order valence-electron chi connectivity index (χ4n) is 2.28. The van der Waals surface area contributed by atoms with Crippen LogP contribution in [0.4, 0.5) is 0 Å². The number of furan rings is 1. The number of benzene rings is 1. The molecule has 0 spiro atoms. The van der Waals surface area contributed by atoms with Crippen LogP contribution in [0.15, 0.2) is 39.7 Å². The number of primary amides is 1. The van der Waals surface area contributed by atoms with E-state index < -0.39 is 11.9 Å². The summed E-state index contributed by atoms with van der Waals surface area (Å²) in [6.07, 6.45) is 0. The molecule has 1 amide bonds. The van der Waals surface area contributed by atoms with Gasteiger partial charge < -0.3 is 0 Å². The molecule has 0 fully saturated rings. The maximum atomic E-state index is 12.0. The monoisotopic (exact) mass is 421 g/mol. The fraction of sp³-hybridized carbons (Fsp3) is 0.176. The quantitative estimate of drug-likeness (QED) is 0.456. The van der Waals surface area contributed by atoms with Gasteiger partial charge in [0.1, 0.15) is 0 Å². The minimum absolute atomic E-state index is 0.0150. The van der Waals surface area contributed by atoms with Crippen molar-refractivity contribution < 1.29 is 23.5 Å². The van der Waals surface area contributed by atoms with Gasteiger partial charge in [0.05, 0.1) is 0 Å². The molecule has 8 nitrogen and oxygen atoms in total. The van der Waals surface area contributed by atoms with Gasteiger partial charge >= 0.3 is 155 Å². The van der Waals surface area contributed by atoms with E-state index in [1.165, 1.54) is 0 Å². The van der Waals surface area contributed by atoms with Crippen molar-refractivity contribution in [2.24, 2.45) is 5.73 Å². The molecule has 134 valence electrons. The standard InChI is InChI=1S/C17H15N3O5Se/c1-2-23-17(22)14-7-11(12-9-26-20-19-12)15(25-14)8-24-13-6-4-3-5-10(13)16(18)21/h3-7,9H,2,8H2,1H3,(H2,18,21). The number of nitrogens with two attached hydrogens (primary N) is 1. The van der Waals surface area contributed by atoms with Crippen LogP contribution < -0.4 is 10.5 Å². The number of carbonyl (C=O) groups is 2. The van der Waals surface area contributed by atoms with Gasteiger partial charge in [-0.25, -0.2) is 0 Å². The zero-order valence-corrected chi connectivity index (χ0v) is 15.5. The van der Waals surface area contributed by atoms with Gasteiger partial charge in [0.15, 0.2) is 0 Å². The molecule has 2 aromatic heterocycles. The van der Waals surface area contributed by atoms with Crippen molar-refractivity contribution in [3.63, 3.8) is 0 Å². The van der Waals surface area contributed by atoms with E-state index in [4.69, 9.17) is 19.6 Å². The zero-order valence-electron chi connectivity index (χ0n) is 13.8. The summed E-state index contributed by atoms with van der Waals surface area (Å²) in [4.78, 5) is 25.3. The van der Waals surface area contributed by atoms with Gasteiger partial charge in [-0.3, -0.25) is 0 Å². The summed E-state index contributed by atoms with van der Waals surface area (Å²) in [6, 6.07) is 8.18. The molecule has 26 heavy (non-hydrogen) atoms. The molecule has 0 bridgehead atoms.